The molecule has 6 heteroatoms. The highest BCUT2D eigenvalue weighted by Gasteiger charge is 2.31. The number of halogens is 1. The fourth-order valence-corrected chi connectivity index (χ4v) is 2.25. The van der Waals surface area contributed by atoms with E-state index in [2.05, 4.69) is 28.6 Å². The van der Waals surface area contributed by atoms with Crippen LogP contribution in [0.4, 0.5) is 0 Å². The highest BCUT2D eigenvalue weighted by Crippen LogP contribution is 2.40. The summed E-state index contributed by atoms with van der Waals surface area (Å²) in [5.41, 5.74) is -0.0975. The van der Waals surface area contributed by atoms with Crippen LogP contribution in [0.2, 0.25) is 0 Å². The molecule has 0 unspecified atom stereocenters. The van der Waals surface area contributed by atoms with Crippen LogP contribution in [0.1, 0.15) is 31.9 Å². The molecule has 1 rings (SSSR count). The van der Waals surface area contributed by atoms with E-state index < -0.39 is 11.5 Å². The fraction of sp³-hybridized carbons (Fsp3) is 0.500. The summed E-state index contributed by atoms with van der Waals surface area (Å²) in [6.45, 7) is 3.91. The molecule has 1 aromatic carbocycles. The lowest BCUT2D eigenvalue weighted by Crippen LogP contribution is -2.25. The van der Waals surface area contributed by atoms with Gasteiger partial charge in [-0.15, -0.1) is 0 Å². The highest BCUT2D eigenvalue weighted by atomic mass is 79.9. The molecule has 2 N–H and O–H groups in total. The second-order valence-electron chi connectivity index (χ2n) is 5.22. The Bertz CT molecular complexity index is 476. The summed E-state index contributed by atoms with van der Waals surface area (Å²) in [5.74, 6) is -0.305. The van der Waals surface area contributed by atoms with E-state index >= 15 is 0 Å². The number of benzene rings is 1. The van der Waals surface area contributed by atoms with Crippen molar-refractivity contribution in [1.29, 1.82) is 0 Å². The van der Waals surface area contributed by atoms with Crippen LogP contribution in [-0.2, 0) is 9.53 Å². The van der Waals surface area contributed by atoms with Crippen LogP contribution in [0.3, 0.4) is 0 Å². The molecule has 0 amide bonds. The van der Waals surface area contributed by atoms with E-state index in [0.29, 0.717) is 12.0 Å². The van der Waals surface area contributed by atoms with Crippen molar-refractivity contribution >= 4 is 34.5 Å². The smallest absolute Gasteiger partial charge is 0.315 e. The molecule has 0 bridgehead atoms. The van der Waals surface area contributed by atoms with Gasteiger partial charge in [-0.25, -0.2) is 0 Å². The Labute approximate surface area is 132 Å². The van der Waals surface area contributed by atoms with Gasteiger partial charge in [-0.3, -0.25) is 4.79 Å². The van der Waals surface area contributed by atoms with Crippen molar-refractivity contribution in [2.24, 2.45) is 5.41 Å². The van der Waals surface area contributed by atoms with Gasteiger partial charge in [-0.1, -0.05) is 29.8 Å². The second-order valence-corrected chi connectivity index (χ2v) is 6.45. The third-order valence-electron chi connectivity index (χ3n) is 3.16. The molecule has 0 spiro atoms. The molecule has 1 aromatic rings. The lowest BCUT2D eigenvalue weighted by Gasteiger charge is -2.31. The van der Waals surface area contributed by atoms with Gasteiger partial charge in [0.15, 0.2) is 0 Å². The molecular weight excluding hydrogens is 344 g/mol. The van der Waals surface area contributed by atoms with Crippen molar-refractivity contribution in [3.8, 4) is 5.75 Å². The zero-order valence-corrected chi connectivity index (χ0v) is 13.9. The summed E-state index contributed by atoms with van der Waals surface area (Å²) in [7, 11) is 0. The molecule has 0 fully saturated rings. The van der Waals surface area contributed by atoms with Crippen LogP contribution in [0, 0.1) is 5.41 Å². The van der Waals surface area contributed by atoms with Crippen LogP contribution in [-0.4, -0.2) is 28.5 Å². The van der Waals surface area contributed by atoms with Crippen LogP contribution in [0.25, 0.3) is 0 Å². The second kappa shape index (κ2) is 7.33. The lowest BCUT2D eigenvalue weighted by atomic mass is 9.80. The van der Waals surface area contributed by atoms with E-state index in [1.807, 2.05) is 13.8 Å². The molecule has 0 aromatic heterocycles. The van der Waals surface area contributed by atoms with Crippen molar-refractivity contribution in [2.75, 3.05) is 12.4 Å². The van der Waals surface area contributed by atoms with Gasteiger partial charge in [0.25, 0.3) is 0 Å². The summed E-state index contributed by atoms with van der Waals surface area (Å²) in [6, 6.07) is 4.91. The topological polar surface area (TPSA) is 66.8 Å². The van der Waals surface area contributed by atoms with Gasteiger partial charge in [-0.05, 0) is 30.0 Å². The molecule has 0 aliphatic heterocycles. The zero-order valence-electron chi connectivity index (χ0n) is 11.5. The van der Waals surface area contributed by atoms with Crippen molar-refractivity contribution in [3.63, 3.8) is 0 Å². The van der Waals surface area contributed by atoms with Gasteiger partial charge in [0.05, 0.1) is 18.5 Å². The predicted molar refractivity (Wildman–Crippen MR) is 84.0 cm³/mol. The Morgan fingerprint density at radius 3 is 2.75 bits per heavy atom. The number of thiol groups is 1. The Morgan fingerprint density at radius 2 is 2.15 bits per heavy atom. The van der Waals surface area contributed by atoms with Crippen LogP contribution >= 0.6 is 28.6 Å². The van der Waals surface area contributed by atoms with Gasteiger partial charge in [0.1, 0.15) is 5.75 Å². The zero-order chi connectivity index (χ0) is 15.3. The summed E-state index contributed by atoms with van der Waals surface area (Å²) >= 11 is 7.13. The summed E-state index contributed by atoms with van der Waals surface area (Å²) < 4.78 is 5.75. The predicted octanol–water partition coefficient (Wildman–Crippen LogP) is 3.08. The first-order valence-corrected chi connectivity index (χ1v) is 7.63. The lowest BCUT2D eigenvalue weighted by molar-refractivity contribution is -0.141. The number of carbonyl (C=O) groups is 1. The number of ether oxygens (including phenoxy) is 1. The van der Waals surface area contributed by atoms with Crippen LogP contribution in [0.15, 0.2) is 22.7 Å². The van der Waals surface area contributed by atoms with Gasteiger partial charge in [0.2, 0.25) is 0 Å². The third-order valence-corrected chi connectivity index (χ3v) is 3.91. The quantitative estimate of drug-likeness (QED) is 0.537. The van der Waals surface area contributed by atoms with Gasteiger partial charge < -0.3 is 14.9 Å². The number of aliphatic hydroxyl groups excluding tert-OH is 1. The largest absolute Gasteiger partial charge is 0.508 e. The van der Waals surface area contributed by atoms with Crippen LogP contribution < -0.4 is 0 Å². The summed E-state index contributed by atoms with van der Waals surface area (Å²) in [5, 5.41) is 20.3. The van der Waals surface area contributed by atoms with Gasteiger partial charge in [0, 0.05) is 10.0 Å². The number of phenols is 1. The number of rotatable bonds is 6. The Morgan fingerprint density at radius 1 is 1.50 bits per heavy atom. The van der Waals surface area contributed by atoms with E-state index in [1.165, 1.54) is 6.07 Å². The highest BCUT2D eigenvalue weighted by molar-refractivity contribution is 9.10. The third kappa shape index (κ3) is 4.68. The van der Waals surface area contributed by atoms with Gasteiger partial charge >= 0.3 is 5.97 Å². The molecule has 0 heterocycles. The minimum Gasteiger partial charge on any atom is -0.508 e. The first kappa shape index (κ1) is 17.3. The molecule has 0 saturated carbocycles. The average molecular weight is 363 g/mol. The molecule has 0 aliphatic carbocycles. The minimum absolute atomic E-state index is 0.0371. The molecule has 4 nitrogen and oxygen atoms in total. The number of esters is 1. The molecule has 0 radical (unpaired) electrons. The van der Waals surface area contributed by atoms with Gasteiger partial charge in [-0.2, -0.15) is 12.6 Å². The number of phenolic OH excluding ortho intramolecular Hbond substituents is 1. The first-order valence-electron chi connectivity index (χ1n) is 6.21. The number of aliphatic hydroxyl groups is 1. The Hall–Kier alpha value is -0.720. The van der Waals surface area contributed by atoms with E-state index in [1.54, 1.807) is 12.1 Å². The number of carbonyl (C=O) groups excluding carboxylic acids is 1. The minimum atomic E-state index is -0.866. The van der Waals surface area contributed by atoms with Crippen molar-refractivity contribution in [1.82, 2.24) is 0 Å². The summed E-state index contributed by atoms with van der Waals surface area (Å²) in [6.07, 6.45) is -0.394. The maximum Gasteiger partial charge on any atom is 0.315 e. The SMILES string of the molecule is CC(C)(CCOC(=O)CS)[C@@H](O)c1cc(Br)ccc1O. The Kier molecular flexibility index (Phi) is 6.36. The van der Waals surface area contributed by atoms with E-state index in [9.17, 15) is 15.0 Å². The first-order chi connectivity index (χ1) is 9.27. The standard InChI is InChI=1S/C14H19BrO4S/c1-14(2,5-6-19-12(17)8-20)13(18)10-7-9(15)3-4-11(10)16/h3-4,7,13,16,18,20H,5-6,8H2,1-2H3/t13-/m0/s1. The van der Waals surface area contributed by atoms with Crippen molar-refractivity contribution in [2.45, 2.75) is 26.4 Å². The maximum atomic E-state index is 11.0. The molecular formula is C14H19BrO4S. The van der Waals surface area contributed by atoms with E-state index in [0.717, 1.165) is 4.47 Å². The Balaban J connectivity index is 2.75. The van der Waals surface area contributed by atoms with E-state index in [-0.39, 0.29) is 24.1 Å². The normalized spacial score (nSPS) is 13.1. The molecule has 112 valence electrons. The number of aromatic hydroxyl groups is 1. The van der Waals surface area contributed by atoms with E-state index in [4.69, 9.17) is 4.74 Å². The monoisotopic (exact) mass is 362 g/mol. The average Bonchev–Trinajstić information content (AvgIpc) is 2.40. The van der Waals surface area contributed by atoms with Crippen molar-refractivity contribution < 1.29 is 19.7 Å². The van der Waals surface area contributed by atoms with Crippen molar-refractivity contribution in [3.05, 3.63) is 28.2 Å². The number of hydrogen-bond acceptors (Lipinski definition) is 5. The molecule has 0 aliphatic rings. The summed E-state index contributed by atoms with van der Waals surface area (Å²) in [4.78, 5) is 11.0. The molecule has 1 atom stereocenters. The maximum absolute atomic E-state index is 11.0. The number of hydrogen-bond donors (Lipinski definition) is 3. The molecule has 0 saturated heterocycles. The van der Waals surface area contributed by atoms with Crippen LogP contribution in [0.5, 0.6) is 5.75 Å². The fourth-order valence-electron chi connectivity index (χ4n) is 1.78. The molecule has 20 heavy (non-hydrogen) atoms.